The zero-order valence-electron chi connectivity index (χ0n) is 5.21. The Labute approximate surface area is 123 Å². The average Bonchev–Trinajstić information content (AvgIpc) is 1.62. The second-order valence-electron chi connectivity index (χ2n) is 1.36. The third-order valence-corrected chi connectivity index (χ3v) is 0.981. The van der Waals surface area contributed by atoms with E-state index in [0.29, 0.717) is 0 Å². The normalized spacial score (nSPS) is 16.5. The van der Waals surface area contributed by atoms with Crippen molar-refractivity contribution < 1.29 is 96.4 Å². The minimum absolute atomic E-state index is 0. The first-order valence-electron chi connectivity index (χ1n) is 1.85. The largest absolute Gasteiger partial charge is 1.00 e. The first-order chi connectivity index (χ1) is 4.19. The van der Waals surface area contributed by atoms with Gasteiger partial charge < -0.3 is 9.90 Å². The van der Waals surface area contributed by atoms with Crippen LogP contribution in [0.2, 0.25) is 0 Å². The maximum Gasteiger partial charge on any atom is 1.00 e. The van der Waals surface area contributed by atoms with Gasteiger partial charge in [0.15, 0.2) is 0 Å². The summed E-state index contributed by atoms with van der Waals surface area (Å²) in [4.78, 5) is 9.33. The van der Waals surface area contributed by atoms with Gasteiger partial charge in [0.1, 0.15) is 5.97 Å². The Bertz CT molecular complexity index is 156. The summed E-state index contributed by atoms with van der Waals surface area (Å²) < 4.78 is 45.2. The molecule has 0 bridgehead atoms. The third-order valence-electron chi connectivity index (χ3n) is 0.612. The maximum atomic E-state index is 11.7. The van der Waals surface area contributed by atoms with E-state index >= 15 is 0 Å². The van der Waals surface area contributed by atoms with Gasteiger partial charge in [0.25, 0.3) is 0 Å². The molecule has 0 saturated heterocycles. The molecule has 0 rings (SSSR count). The fraction of sp³-hybridized carbons (Fsp3) is 0.667. The topological polar surface area (TPSA) is 40.1 Å². The van der Waals surface area contributed by atoms with Crippen molar-refractivity contribution in [3.63, 3.8) is 0 Å². The molecule has 0 saturated carbocycles. The quantitative estimate of drug-likeness (QED) is 0.388. The van der Waals surface area contributed by atoms with E-state index in [2.05, 4.69) is 11.6 Å². The van der Waals surface area contributed by atoms with Gasteiger partial charge in [-0.25, -0.2) is 4.39 Å². The van der Waals surface area contributed by atoms with Gasteiger partial charge in [0, 0.05) is 0 Å². The second-order valence-corrected chi connectivity index (χ2v) is 1.88. The second kappa shape index (κ2) is 4.68. The van der Waals surface area contributed by atoms with Crippen molar-refractivity contribution in [2.45, 2.75) is 11.3 Å². The van der Waals surface area contributed by atoms with Crippen LogP contribution < -0.4 is 74.0 Å². The number of halogens is 5. The molecule has 0 spiro atoms. The smallest absolute Gasteiger partial charge is 0.545 e. The van der Waals surface area contributed by atoms with E-state index < -0.39 is 17.3 Å². The summed E-state index contributed by atoms with van der Waals surface area (Å²) in [6.07, 6.45) is -5.65. The van der Waals surface area contributed by atoms with Gasteiger partial charge in [-0.1, -0.05) is 11.6 Å². The standard InChI is InChI=1S/C3HClF4O2.Cs/c4-2(5,1(9)10)3(6,7)8;/h(H,9,10);/q;+1/p-1. The molecule has 60 valence electrons. The number of carboxylic acid groups (broad SMARTS) is 1. The van der Waals surface area contributed by atoms with Crippen LogP contribution in [0.1, 0.15) is 0 Å². The Morgan fingerprint density at radius 3 is 1.55 bits per heavy atom. The van der Waals surface area contributed by atoms with Crippen molar-refractivity contribution >= 4 is 17.6 Å². The van der Waals surface area contributed by atoms with Crippen LogP contribution in [0.3, 0.4) is 0 Å². The Hall–Kier alpha value is 1.53. The molecule has 0 N–H and O–H groups in total. The molecule has 0 aromatic heterocycles. The molecule has 0 aliphatic carbocycles. The summed E-state index contributed by atoms with van der Waals surface area (Å²) in [5.74, 6) is -3.01. The summed E-state index contributed by atoms with van der Waals surface area (Å²) >= 11 is 3.89. The molecular weight excluding hydrogens is 312 g/mol. The van der Waals surface area contributed by atoms with E-state index in [9.17, 15) is 27.5 Å². The minimum atomic E-state index is -5.65. The fourth-order valence-corrected chi connectivity index (χ4v) is 0.116. The molecule has 1 unspecified atom stereocenters. The first kappa shape index (κ1) is 15.0. The van der Waals surface area contributed by atoms with Crippen LogP contribution in [-0.2, 0) is 4.79 Å². The van der Waals surface area contributed by atoms with Crippen molar-refractivity contribution in [3.8, 4) is 0 Å². The molecule has 0 amide bonds. The van der Waals surface area contributed by atoms with Crippen molar-refractivity contribution in [2.24, 2.45) is 0 Å². The Morgan fingerprint density at radius 1 is 1.27 bits per heavy atom. The molecule has 0 heterocycles. The number of carbonyl (C=O) groups is 1. The molecule has 0 fully saturated rings. The van der Waals surface area contributed by atoms with E-state index in [1.54, 1.807) is 0 Å². The Morgan fingerprint density at radius 2 is 1.55 bits per heavy atom. The van der Waals surface area contributed by atoms with Gasteiger partial charge in [-0.3, -0.25) is 0 Å². The van der Waals surface area contributed by atoms with Gasteiger partial charge in [0.2, 0.25) is 0 Å². The SMILES string of the molecule is O=C([O-])C(F)(Cl)C(F)(F)F.[Cs+]. The number of alkyl halides is 5. The van der Waals surface area contributed by atoms with E-state index in [-0.39, 0.29) is 68.9 Å². The number of hydrogen-bond acceptors (Lipinski definition) is 2. The molecule has 2 nitrogen and oxygen atoms in total. The van der Waals surface area contributed by atoms with Gasteiger partial charge in [0.05, 0.1) is 0 Å². The summed E-state index contributed by atoms with van der Waals surface area (Å²) in [5.41, 5.74) is 0. The van der Waals surface area contributed by atoms with Gasteiger partial charge in [-0.05, 0) is 0 Å². The Kier molecular flexibility index (Phi) is 6.39. The van der Waals surface area contributed by atoms with Crippen LogP contribution in [0.4, 0.5) is 17.6 Å². The third kappa shape index (κ3) is 3.83. The van der Waals surface area contributed by atoms with Crippen LogP contribution in [0.15, 0.2) is 0 Å². The summed E-state index contributed by atoms with van der Waals surface area (Å²) in [7, 11) is 0. The predicted molar refractivity (Wildman–Crippen MR) is 20.8 cm³/mol. The number of carboxylic acids is 1. The molecular formula is C3ClCsF4O2. The zero-order valence-corrected chi connectivity index (χ0v) is 12.2. The van der Waals surface area contributed by atoms with Crippen LogP contribution in [-0.4, -0.2) is 17.3 Å². The average molecular weight is 312 g/mol. The fourth-order valence-electron chi connectivity index (χ4n) is 0.116. The van der Waals surface area contributed by atoms with E-state index in [4.69, 9.17) is 0 Å². The van der Waals surface area contributed by atoms with Gasteiger partial charge in [-0.15, -0.1) is 0 Å². The van der Waals surface area contributed by atoms with Crippen molar-refractivity contribution in [1.82, 2.24) is 0 Å². The molecule has 1 atom stereocenters. The van der Waals surface area contributed by atoms with Crippen LogP contribution in [0, 0.1) is 0 Å². The molecule has 0 aliphatic heterocycles. The van der Waals surface area contributed by atoms with Gasteiger partial charge in [-0.2, -0.15) is 13.2 Å². The summed E-state index contributed by atoms with van der Waals surface area (Å²) in [5, 5.41) is 4.54. The zero-order chi connectivity index (χ0) is 8.58. The van der Waals surface area contributed by atoms with Crippen LogP contribution in [0.25, 0.3) is 0 Å². The molecule has 0 radical (unpaired) electrons. The molecule has 0 aromatic rings. The number of aliphatic carboxylic acids is 1. The molecule has 8 heteroatoms. The molecule has 0 aromatic carbocycles. The van der Waals surface area contributed by atoms with Crippen LogP contribution >= 0.6 is 11.6 Å². The Balaban J connectivity index is 0. The summed E-state index contributed by atoms with van der Waals surface area (Å²) in [6, 6.07) is 0. The monoisotopic (exact) mass is 312 g/mol. The van der Waals surface area contributed by atoms with Crippen LogP contribution in [0.5, 0.6) is 0 Å². The van der Waals surface area contributed by atoms with Crippen molar-refractivity contribution in [3.05, 3.63) is 0 Å². The summed E-state index contributed by atoms with van der Waals surface area (Å²) in [6.45, 7) is 0. The molecule has 11 heavy (non-hydrogen) atoms. The number of hydrogen-bond donors (Lipinski definition) is 0. The van der Waals surface area contributed by atoms with Crippen molar-refractivity contribution in [1.29, 1.82) is 0 Å². The van der Waals surface area contributed by atoms with E-state index in [1.807, 2.05) is 0 Å². The first-order valence-corrected chi connectivity index (χ1v) is 2.23. The van der Waals surface area contributed by atoms with Gasteiger partial charge >= 0.3 is 80.2 Å². The maximum absolute atomic E-state index is 11.7. The van der Waals surface area contributed by atoms with Crippen molar-refractivity contribution in [2.75, 3.05) is 0 Å². The van der Waals surface area contributed by atoms with E-state index in [1.165, 1.54) is 0 Å². The minimum Gasteiger partial charge on any atom is -0.545 e. The predicted octanol–water partition coefficient (Wildman–Crippen LogP) is -2.79. The molecule has 0 aliphatic rings. The number of carbonyl (C=O) groups excluding carboxylic acids is 1. The number of rotatable bonds is 1. The van der Waals surface area contributed by atoms with E-state index in [0.717, 1.165) is 0 Å².